The highest BCUT2D eigenvalue weighted by molar-refractivity contribution is 6.20. The van der Waals surface area contributed by atoms with Crippen LogP contribution in [0.4, 0.5) is 0 Å². The van der Waals surface area contributed by atoms with Crippen LogP contribution in [0.2, 0.25) is 0 Å². The molecule has 0 aliphatic heterocycles. The van der Waals surface area contributed by atoms with E-state index in [1.165, 1.54) is 45.4 Å². The Hall–Kier alpha value is -0.240. The van der Waals surface area contributed by atoms with Crippen LogP contribution in [-0.4, -0.2) is 11.5 Å². The van der Waals surface area contributed by atoms with Crippen LogP contribution in [0.3, 0.4) is 0 Å². The first kappa shape index (κ1) is 14.8. The van der Waals surface area contributed by atoms with Crippen LogP contribution in [0.5, 0.6) is 0 Å². The highest BCUT2D eigenvalue weighted by Gasteiger charge is 2.06. The Morgan fingerprint density at radius 3 is 2.20 bits per heavy atom. The fourth-order valence-electron chi connectivity index (χ4n) is 1.50. The van der Waals surface area contributed by atoms with E-state index in [2.05, 4.69) is 6.92 Å². The van der Waals surface area contributed by atoms with Gasteiger partial charge in [-0.3, -0.25) is 4.79 Å². The maximum absolute atomic E-state index is 10.6. The van der Waals surface area contributed by atoms with E-state index in [1.807, 2.05) is 0 Å². The molecule has 3 heteroatoms. The average Bonchev–Trinajstić information content (AvgIpc) is 2.15. The maximum atomic E-state index is 10.6. The molecule has 0 fully saturated rings. The minimum Gasteiger partial charge on any atom is -0.446 e. The van der Waals surface area contributed by atoms with Gasteiger partial charge in [-0.1, -0.05) is 57.0 Å². The van der Waals surface area contributed by atoms with Crippen LogP contribution in [-0.2, 0) is 9.53 Å². The Bertz CT molecular complexity index is 160. The summed E-state index contributed by atoms with van der Waals surface area (Å²) in [5.41, 5.74) is -0.432. The number of carbonyl (C=O) groups is 1. The first-order chi connectivity index (χ1) is 7.16. The van der Waals surface area contributed by atoms with Crippen LogP contribution < -0.4 is 0 Å². The molecule has 0 aliphatic carbocycles. The molecule has 0 aromatic carbocycles. The maximum Gasteiger partial charge on any atom is 0.304 e. The average molecular weight is 235 g/mol. The third kappa shape index (κ3) is 11.7. The molecule has 0 radical (unpaired) electrons. The number of ether oxygens (including phenoxy) is 1. The van der Waals surface area contributed by atoms with Crippen molar-refractivity contribution in [2.24, 2.45) is 0 Å². The molecule has 90 valence electrons. The van der Waals surface area contributed by atoms with Gasteiger partial charge in [0.05, 0.1) is 0 Å². The molecule has 2 nitrogen and oxygen atoms in total. The van der Waals surface area contributed by atoms with Crippen molar-refractivity contribution >= 4 is 17.6 Å². The van der Waals surface area contributed by atoms with Crippen LogP contribution in [0.1, 0.15) is 65.2 Å². The summed E-state index contributed by atoms with van der Waals surface area (Å²) >= 11 is 5.80. The number of alkyl halides is 1. The second kappa shape index (κ2) is 10.3. The van der Waals surface area contributed by atoms with Crippen LogP contribution in [0, 0.1) is 0 Å². The molecule has 0 heterocycles. The Labute approximate surface area is 98.3 Å². The Kier molecular flexibility index (Phi) is 10.1. The molecule has 0 spiro atoms. The monoisotopic (exact) mass is 234 g/mol. The quantitative estimate of drug-likeness (QED) is 0.339. The first-order valence-electron chi connectivity index (χ1n) is 5.98. The molecule has 1 unspecified atom stereocenters. The third-order valence-corrected chi connectivity index (χ3v) is 2.64. The van der Waals surface area contributed by atoms with Crippen molar-refractivity contribution in [1.29, 1.82) is 0 Å². The lowest BCUT2D eigenvalue weighted by atomic mass is 10.1. The van der Waals surface area contributed by atoms with Gasteiger partial charge in [0.2, 0.25) is 0 Å². The third-order valence-electron chi connectivity index (χ3n) is 2.33. The van der Waals surface area contributed by atoms with Crippen LogP contribution in [0.15, 0.2) is 0 Å². The summed E-state index contributed by atoms with van der Waals surface area (Å²) in [5, 5.41) is 0. The zero-order valence-corrected chi connectivity index (χ0v) is 10.7. The lowest BCUT2D eigenvalue weighted by molar-refractivity contribution is -0.142. The number of hydrogen-bond acceptors (Lipinski definition) is 2. The molecule has 0 N–H and O–H groups in total. The summed E-state index contributed by atoms with van der Waals surface area (Å²) in [6.45, 7) is 3.61. The van der Waals surface area contributed by atoms with Crippen molar-refractivity contribution in [3.63, 3.8) is 0 Å². The topological polar surface area (TPSA) is 26.3 Å². The highest BCUT2D eigenvalue weighted by atomic mass is 35.5. The summed E-state index contributed by atoms with van der Waals surface area (Å²) in [7, 11) is 0. The van der Waals surface area contributed by atoms with Gasteiger partial charge in [0.1, 0.15) is 0 Å². The minimum absolute atomic E-state index is 0.294. The van der Waals surface area contributed by atoms with E-state index in [1.54, 1.807) is 0 Å². The normalized spacial score (nSPS) is 12.5. The van der Waals surface area contributed by atoms with Gasteiger partial charge in [-0.2, -0.15) is 0 Å². The Balaban J connectivity index is 3.13. The number of carbonyl (C=O) groups excluding carboxylic acids is 1. The van der Waals surface area contributed by atoms with Gasteiger partial charge < -0.3 is 4.74 Å². The molecule has 15 heavy (non-hydrogen) atoms. The van der Waals surface area contributed by atoms with Crippen molar-refractivity contribution < 1.29 is 9.53 Å². The van der Waals surface area contributed by atoms with Gasteiger partial charge >= 0.3 is 5.97 Å². The van der Waals surface area contributed by atoms with E-state index >= 15 is 0 Å². The van der Waals surface area contributed by atoms with Crippen LogP contribution >= 0.6 is 11.6 Å². The molecule has 0 amide bonds. The second-order valence-electron chi connectivity index (χ2n) is 3.93. The van der Waals surface area contributed by atoms with Crippen molar-refractivity contribution in [3.05, 3.63) is 0 Å². The summed E-state index contributed by atoms with van der Waals surface area (Å²) < 4.78 is 4.82. The van der Waals surface area contributed by atoms with Gasteiger partial charge in [0.15, 0.2) is 5.56 Å². The molecule has 0 bridgehead atoms. The zero-order chi connectivity index (χ0) is 11.5. The molecule has 0 aromatic rings. The van der Waals surface area contributed by atoms with Gasteiger partial charge in [-0.15, -0.1) is 0 Å². The SMILES string of the molecule is CCCCCCCCCC(Cl)OC(C)=O. The molecular formula is C12H23ClO2. The molecular weight excluding hydrogens is 212 g/mol. The van der Waals surface area contributed by atoms with Crippen molar-refractivity contribution in [1.82, 2.24) is 0 Å². The number of hydrogen-bond donors (Lipinski definition) is 0. The fourth-order valence-corrected chi connectivity index (χ4v) is 1.78. The van der Waals surface area contributed by atoms with Gasteiger partial charge in [-0.25, -0.2) is 0 Å². The summed E-state index contributed by atoms with van der Waals surface area (Å²) in [5.74, 6) is -0.294. The van der Waals surface area contributed by atoms with Gasteiger partial charge in [-0.05, 0) is 12.8 Å². The summed E-state index contributed by atoms with van der Waals surface area (Å²) in [6.07, 6.45) is 9.56. The number of unbranched alkanes of at least 4 members (excludes halogenated alkanes) is 6. The minimum atomic E-state index is -0.432. The Morgan fingerprint density at radius 2 is 1.67 bits per heavy atom. The lowest BCUT2D eigenvalue weighted by Gasteiger charge is -2.08. The summed E-state index contributed by atoms with van der Waals surface area (Å²) in [6, 6.07) is 0. The largest absolute Gasteiger partial charge is 0.446 e. The molecule has 0 aromatic heterocycles. The first-order valence-corrected chi connectivity index (χ1v) is 6.41. The van der Waals surface area contributed by atoms with Gasteiger partial charge in [0, 0.05) is 6.92 Å². The van der Waals surface area contributed by atoms with Crippen molar-refractivity contribution in [2.45, 2.75) is 70.8 Å². The predicted octanol–water partition coefficient (Wildman–Crippen LogP) is 4.26. The number of esters is 1. The summed E-state index contributed by atoms with van der Waals surface area (Å²) in [4.78, 5) is 10.6. The molecule has 0 rings (SSSR count). The lowest BCUT2D eigenvalue weighted by Crippen LogP contribution is -2.09. The van der Waals surface area contributed by atoms with Crippen molar-refractivity contribution in [3.8, 4) is 0 Å². The highest BCUT2D eigenvalue weighted by Crippen LogP contribution is 2.13. The predicted molar refractivity (Wildman–Crippen MR) is 64.0 cm³/mol. The Morgan fingerprint density at radius 1 is 1.13 bits per heavy atom. The van der Waals surface area contributed by atoms with E-state index in [4.69, 9.17) is 16.3 Å². The molecule has 0 aliphatic rings. The van der Waals surface area contributed by atoms with E-state index in [-0.39, 0.29) is 5.97 Å². The van der Waals surface area contributed by atoms with Crippen molar-refractivity contribution in [2.75, 3.05) is 0 Å². The molecule has 1 atom stereocenters. The van der Waals surface area contributed by atoms with E-state index in [0.717, 1.165) is 12.8 Å². The van der Waals surface area contributed by atoms with E-state index < -0.39 is 5.56 Å². The fraction of sp³-hybridized carbons (Fsp3) is 0.917. The van der Waals surface area contributed by atoms with Gasteiger partial charge in [0.25, 0.3) is 0 Å². The van der Waals surface area contributed by atoms with E-state index in [0.29, 0.717) is 0 Å². The molecule has 0 saturated carbocycles. The smallest absolute Gasteiger partial charge is 0.304 e. The van der Waals surface area contributed by atoms with E-state index in [9.17, 15) is 4.79 Å². The standard InChI is InChI=1S/C12H23ClO2/c1-3-4-5-6-7-8-9-10-12(13)15-11(2)14/h12H,3-10H2,1-2H3. The zero-order valence-electron chi connectivity index (χ0n) is 9.93. The van der Waals surface area contributed by atoms with Crippen LogP contribution in [0.25, 0.3) is 0 Å². The number of halogens is 1. The second-order valence-corrected chi connectivity index (χ2v) is 4.42. The molecule has 0 saturated heterocycles. The number of rotatable bonds is 9.